The van der Waals surface area contributed by atoms with Gasteiger partial charge in [-0.1, -0.05) is 0 Å². The Kier molecular flexibility index (Phi) is 5.09. The molecule has 0 aromatic heterocycles. The maximum absolute atomic E-state index is 10.2. The molecule has 1 atom stereocenters. The molecule has 0 aliphatic heterocycles. The minimum Gasteiger partial charge on any atom is -0.760 e. The topological polar surface area (TPSA) is 81.3 Å². The van der Waals surface area contributed by atoms with Crippen molar-refractivity contribution in [1.29, 1.82) is 0 Å². The fraction of sp³-hybridized carbons (Fsp3) is 0.750. The molecular weight excluding hydrogens is 156 g/mol. The molecule has 0 saturated heterocycles. The summed E-state index contributed by atoms with van der Waals surface area (Å²) in [6.07, 6.45) is 0. The van der Waals surface area contributed by atoms with Crippen molar-refractivity contribution >= 4 is 17.2 Å². The van der Waals surface area contributed by atoms with Gasteiger partial charge in [-0.05, 0) is 0 Å². The van der Waals surface area contributed by atoms with E-state index in [0.29, 0.717) is 6.54 Å². The average molecular weight is 165 g/mol. The molecule has 1 amide bonds. The summed E-state index contributed by atoms with van der Waals surface area (Å²) >= 11 is -2.23. The van der Waals surface area contributed by atoms with E-state index in [4.69, 9.17) is 0 Å². The molecule has 0 aliphatic rings. The molecule has 0 spiro atoms. The second-order valence-corrected chi connectivity index (χ2v) is 2.37. The molecule has 0 saturated carbocycles. The van der Waals surface area contributed by atoms with E-state index >= 15 is 0 Å². The summed E-state index contributed by atoms with van der Waals surface area (Å²) in [5.74, 6) is -0.168. The molecule has 0 bridgehead atoms. The third-order valence-electron chi connectivity index (χ3n) is 0.719. The Labute approximate surface area is 61.6 Å². The molecule has 1 unspecified atom stereocenters. The van der Waals surface area contributed by atoms with Crippen LogP contribution >= 0.6 is 0 Å². The Morgan fingerprint density at radius 2 is 2.20 bits per heavy atom. The lowest BCUT2D eigenvalue weighted by molar-refractivity contribution is -0.118. The lowest BCUT2D eigenvalue weighted by atomic mass is 10.6. The summed E-state index contributed by atoms with van der Waals surface area (Å²) in [4.78, 5) is 10.2. The van der Waals surface area contributed by atoms with E-state index in [1.54, 1.807) is 0 Å². The number of carbonyl (C=O) groups excluding carboxylic acids is 1. The highest BCUT2D eigenvalue weighted by molar-refractivity contribution is 7.77. The van der Waals surface area contributed by atoms with Gasteiger partial charge >= 0.3 is 0 Å². The Morgan fingerprint density at radius 3 is 2.60 bits per heavy atom. The quantitative estimate of drug-likeness (QED) is 0.393. The molecule has 0 heterocycles. The summed E-state index contributed by atoms with van der Waals surface area (Å²) in [5, 5.41) is 2.43. The number of amides is 1. The summed E-state index contributed by atoms with van der Waals surface area (Å²) in [5.41, 5.74) is 0. The standard InChI is InChI=1S/C4H10N2O3S/c1-4(7)5-2-3-6-10(8)9/h6H,2-3H2,1H3,(H,5,7)(H,8,9)/p-1. The summed E-state index contributed by atoms with van der Waals surface area (Å²) in [7, 11) is 0. The molecule has 0 fully saturated rings. The van der Waals surface area contributed by atoms with Gasteiger partial charge in [0, 0.05) is 31.3 Å². The number of rotatable bonds is 4. The molecule has 0 aliphatic carbocycles. The third kappa shape index (κ3) is 7.54. The van der Waals surface area contributed by atoms with Crippen molar-refractivity contribution < 1.29 is 13.6 Å². The van der Waals surface area contributed by atoms with E-state index in [2.05, 4.69) is 10.0 Å². The van der Waals surface area contributed by atoms with E-state index < -0.39 is 11.3 Å². The van der Waals surface area contributed by atoms with Crippen molar-refractivity contribution in [3.8, 4) is 0 Å². The van der Waals surface area contributed by atoms with E-state index in [1.807, 2.05) is 0 Å². The minimum atomic E-state index is -2.23. The van der Waals surface area contributed by atoms with E-state index in [0.717, 1.165) is 0 Å². The fourth-order valence-electron chi connectivity index (χ4n) is 0.373. The van der Waals surface area contributed by atoms with Gasteiger partial charge < -0.3 is 9.87 Å². The maximum Gasteiger partial charge on any atom is 0.216 e. The Bertz CT molecular complexity index is 122. The van der Waals surface area contributed by atoms with Crippen LogP contribution in [0.5, 0.6) is 0 Å². The normalized spacial score (nSPS) is 12.6. The number of carbonyl (C=O) groups is 1. The number of nitrogens with one attached hydrogen (secondary N) is 2. The van der Waals surface area contributed by atoms with Crippen LogP contribution in [-0.4, -0.2) is 27.8 Å². The zero-order chi connectivity index (χ0) is 7.98. The van der Waals surface area contributed by atoms with Gasteiger partial charge in [0.15, 0.2) is 0 Å². The van der Waals surface area contributed by atoms with Gasteiger partial charge in [0.2, 0.25) is 5.91 Å². The van der Waals surface area contributed by atoms with E-state index in [9.17, 15) is 13.6 Å². The van der Waals surface area contributed by atoms with Crippen LogP contribution in [0.15, 0.2) is 0 Å². The highest BCUT2D eigenvalue weighted by Crippen LogP contribution is 1.63. The Hall–Kier alpha value is -0.460. The lowest BCUT2D eigenvalue weighted by Crippen LogP contribution is -2.30. The van der Waals surface area contributed by atoms with Gasteiger partial charge in [-0.2, -0.15) is 0 Å². The van der Waals surface area contributed by atoms with Crippen LogP contribution in [0.2, 0.25) is 0 Å². The van der Waals surface area contributed by atoms with E-state index in [1.165, 1.54) is 6.92 Å². The molecule has 10 heavy (non-hydrogen) atoms. The molecule has 6 heteroatoms. The van der Waals surface area contributed by atoms with Crippen molar-refractivity contribution in [3.63, 3.8) is 0 Å². The first-order valence-electron chi connectivity index (χ1n) is 2.70. The SMILES string of the molecule is CC(=O)NCCNS(=O)[O-]. The van der Waals surface area contributed by atoms with E-state index in [-0.39, 0.29) is 12.5 Å². The first kappa shape index (κ1) is 9.54. The van der Waals surface area contributed by atoms with Crippen LogP contribution in [0.1, 0.15) is 6.92 Å². The van der Waals surface area contributed by atoms with Crippen LogP contribution in [0.3, 0.4) is 0 Å². The van der Waals surface area contributed by atoms with Gasteiger partial charge in [-0.15, -0.1) is 0 Å². The molecule has 0 aromatic rings. The lowest BCUT2D eigenvalue weighted by Gasteiger charge is -2.06. The number of hydrogen-bond acceptors (Lipinski definition) is 3. The molecule has 0 rings (SSSR count). The number of hydrogen-bond donors (Lipinski definition) is 2. The Morgan fingerprint density at radius 1 is 1.60 bits per heavy atom. The van der Waals surface area contributed by atoms with Gasteiger partial charge in [0.1, 0.15) is 0 Å². The Balaban J connectivity index is 3.06. The second kappa shape index (κ2) is 5.33. The maximum atomic E-state index is 10.2. The minimum absolute atomic E-state index is 0.168. The first-order valence-corrected chi connectivity index (χ1v) is 3.77. The molecule has 0 aromatic carbocycles. The summed E-state index contributed by atoms with van der Waals surface area (Å²) in [6, 6.07) is 0. The van der Waals surface area contributed by atoms with Gasteiger partial charge in [-0.3, -0.25) is 9.00 Å². The predicted octanol–water partition coefficient (Wildman–Crippen LogP) is -1.49. The van der Waals surface area contributed by atoms with Gasteiger partial charge in [0.05, 0.1) is 0 Å². The van der Waals surface area contributed by atoms with Crippen molar-refractivity contribution in [2.24, 2.45) is 0 Å². The van der Waals surface area contributed by atoms with Crippen LogP contribution in [0.4, 0.5) is 0 Å². The largest absolute Gasteiger partial charge is 0.760 e. The zero-order valence-electron chi connectivity index (χ0n) is 5.55. The van der Waals surface area contributed by atoms with Crippen LogP contribution in [-0.2, 0) is 16.1 Å². The molecule has 60 valence electrons. The van der Waals surface area contributed by atoms with Crippen molar-refractivity contribution in [2.45, 2.75) is 6.92 Å². The highest BCUT2D eigenvalue weighted by Gasteiger charge is 1.88. The summed E-state index contributed by atoms with van der Waals surface area (Å²) in [6.45, 7) is 1.92. The highest BCUT2D eigenvalue weighted by atomic mass is 32.2. The van der Waals surface area contributed by atoms with Crippen molar-refractivity contribution in [1.82, 2.24) is 10.0 Å². The van der Waals surface area contributed by atoms with Crippen LogP contribution < -0.4 is 10.0 Å². The second-order valence-electron chi connectivity index (χ2n) is 1.61. The molecule has 5 nitrogen and oxygen atoms in total. The predicted molar refractivity (Wildman–Crippen MR) is 35.6 cm³/mol. The smallest absolute Gasteiger partial charge is 0.216 e. The fourth-order valence-corrected chi connectivity index (χ4v) is 0.642. The zero-order valence-corrected chi connectivity index (χ0v) is 6.36. The monoisotopic (exact) mass is 165 g/mol. The average Bonchev–Trinajstić information content (AvgIpc) is 1.79. The van der Waals surface area contributed by atoms with Crippen LogP contribution in [0, 0.1) is 0 Å². The summed E-state index contributed by atoms with van der Waals surface area (Å²) < 4.78 is 21.7. The molecule has 2 N–H and O–H groups in total. The van der Waals surface area contributed by atoms with Gasteiger partial charge in [0.25, 0.3) is 0 Å². The molecular formula is C4H9N2O3S-. The van der Waals surface area contributed by atoms with Crippen molar-refractivity contribution in [3.05, 3.63) is 0 Å². The first-order chi connectivity index (χ1) is 4.63. The van der Waals surface area contributed by atoms with Gasteiger partial charge in [-0.25, -0.2) is 4.72 Å². The van der Waals surface area contributed by atoms with Crippen LogP contribution in [0.25, 0.3) is 0 Å². The third-order valence-corrected chi connectivity index (χ3v) is 1.16. The van der Waals surface area contributed by atoms with Crippen molar-refractivity contribution in [2.75, 3.05) is 13.1 Å². The molecule has 0 radical (unpaired) electrons.